The second kappa shape index (κ2) is 12.4. The Balaban J connectivity index is 1.58. The van der Waals surface area contributed by atoms with Crippen molar-refractivity contribution in [2.45, 2.75) is 17.6 Å². The van der Waals surface area contributed by atoms with Crippen LogP contribution in [0.5, 0.6) is 0 Å². The maximum atomic E-state index is 15.0. The SMILES string of the molecule is C=C(c1cc2cnc(Nc3ccc(N4CCNCC4)c(F)c3)nc2n(Cc2ncccc2S(=O)(=O)CC(F)(F)F)c1=O)N(C)C. The number of piperazine rings is 1. The summed E-state index contributed by atoms with van der Waals surface area (Å²) in [6.45, 7) is 6.21. The Morgan fingerprint density at radius 3 is 2.53 bits per heavy atom. The van der Waals surface area contributed by atoms with Crippen LogP contribution in [0.25, 0.3) is 16.7 Å². The summed E-state index contributed by atoms with van der Waals surface area (Å²) in [4.78, 5) is 29.5. The van der Waals surface area contributed by atoms with Gasteiger partial charge < -0.3 is 20.4 Å². The fraction of sp³-hybridized carbons (Fsp3) is 0.310. The third kappa shape index (κ3) is 7.06. The van der Waals surface area contributed by atoms with Gasteiger partial charge in [0.15, 0.2) is 15.6 Å². The Hall–Kier alpha value is -4.57. The second-order valence-electron chi connectivity index (χ2n) is 10.6. The highest BCUT2D eigenvalue weighted by Crippen LogP contribution is 2.27. The molecule has 3 aromatic heterocycles. The number of halogens is 4. The molecule has 2 N–H and O–H groups in total. The zero-order valence-corrected chi connectivity index (χ0v) is 25.2. The normalized spacial score (nSPS) is 14.0. The molecule has 0 atom stereocenters. The third-order valence-corrected chi connectivity index (χ3v) is 8.93. The van der Waals surface area contributed by atoms with E-state index in [1.807, 2.05) is 4.90 Å². The van der Waals surface area contributed by atoms with Crippen LogP contribution in [0.4, 0.5) is 34.9 Å². The summed E-state index contributed by atoms with van der Waals surface area (Å²) in [6, 6.07) is 8.34. The van der Waals surface area contributed by atoms with Gasteiger partial charge in [-0.05, 0) is 36.4 Å². The van der Waals surface area contributed by atoms with Crippen LogP contribution >= 0.6 is 0 Å². The first kappa shape index (κ1) is 31.8. The van der Waals surface area contributed by atoms with E-state index >= 15 is 4.39 Å². The first-order chi connectivity index (χ1) is 21.2. The minimum atomic E-state index is -4.99. The quantitative estimate of drug-likeness (QED) is 0.262. The average Bonchev–Trinajstić information content (AvgIpc) is 2.97. The maximum absolute atomic E-state index is 15.0. The Morgan fingerprint density at radius 1 is 1.13 bits per heavy atom. The average molecular weight is 647 g/mol. The summed E-state index contributed by atoms with van der Waals surface area (Å²) in [6.07, 6.45) is -2.36. The van der Waals surface area contributed by atoms with Crippen molar-refractivity contribution in [2.75, 3.05) is 56.2 Å². The molecule has 4 heterocycles. The summed E-state index contributed by atoms with van der Waals surface area (Å²) < 4.78 is 81.0. The molecule has 0 radical (unpaired) electrons. The number of nitrogens with zero attached hydrogens (tertiary/aromatic N) is 6. The van der Waals surface area contributed by atoms with E-state index in [2.05, 4.69) is 32.2 Å². The molecule has 16 heteroatoms. The van der Waals surface area contributed by atoms with Crippen molar-refractivity contribution >= 4 is 43.9 Å². The molecular formula is C29H30F4N8O3S. The third-order valence-electron chi connectivity index (χ3n) is 7.18. The molecule has 0 saturated carbocycles. The monoisotopic (exact) mass is 646 g/mol. The van der Waals surface area contributed by atoms with Gasteiger partial charge in [-0.25, -0.2) is 17.8 Å². The first-order valence-corrected chi connectivity index (χ1v) is 15.4. The topological polar surface area (TPSA) is 125 Å². The van der Waals surface area contributed by atoms with Crippen molar-refractivity contribution in [3.05, 3.63) is 82.8 Å². The van der Waals surface area contributed by atoms with Gasteiger partial charge in [0.25, 0.3) is 5.56 Å². The van der Waals surface area contributed by atoms with Gasteiger partial charge >= 0.3 is 6.18 Å². The van der Waals surface area contributed by atoms with Gasteiger partial charge in [-0.1, -0.05) is 6.58 Å². The highest BCUT2D eigenvalue weighted by Gasteiger charge is 2.37. The molecule has 1 aromatic carbocycles. The van der Waals surface area contributed by atoms with Crippen molar-refractivity contribution in [3.8, 4) is 0 Å². The molecular weight excluding hydrogens is 616 g/mol. The number of anilines is 3. The lowest BCUT2D eigenvalue weighted by Crippen LogP contribution is -2.43. The van der Waals surface area contributed by atoms with Crippen LogP contribution in [-0.4, -0.2) is 85.0 Å². The maximum Gasteiger partial charge on any atom is 0.403 e. The zero-order chi connectivity index (χ0) is 32.5. The summed E-state index contributed by atoms with van der Waals surface area (Å²) in [5.74, 6) is -2.55. The molecule has 0 spiro atoms. The fourth-order valence-corrected chi connectivity index (χ4v) is 6.31. The Morgan fingerprint density at radius 2 is 1.87 bits per heavy atom. The van der Waals surface area contributed by atoms with E-state index in [0.29, 0.717) is 35.5 Å². The smallest absolute Gasteiger partial charge is 0.377 e. The lowest BCUT2D eigenvalue weighted by atomic mass is 10.1. The Labute approximate surface area is 256 Å². The van der Waals surface area contributed by atoms with Crippen molar-refractivity contribution in [1.29, 1.82) is 0 Å². The van der Waals surface area contributed by atoms with Gasteiger partial charge in [-0.2, -0.15) is 18.2 Å². The van der Waals surface area contributed by atoms with Gasteiger partial charge in [0.2, 0.25) is 5.95 Å². The van der Waals surface area contributed by atoms with E-state index in [-0.39, 0.29) is 22.9 Å². The molecule has 45 heavy (non-hydrogen) atoms. The Kier molecular flexibility index (Phi) is 8.80. The highest BCUT2D eigenvalue weighted by molar-refractivity contribution is 7.91. The summed E-state index contributed by atoms with van der Waals surface area (Å²) in [5, 5.41) is 6.50. The lowest BCUT2D eigenvalue weighted by molar-refractivity contribution is -0.106. The standard InChI is InChI=1S/C29H30F4N8O3S/c1-18(39(2)3)21-13-19-15-36-28(37-20-6-7-24(22(30)14-20)40-11-9-34-10-12-40)38-26(19)41(27(21)42)16-23-25(5-4-8-35-23)45(43,44)17-29(31,32)33/h4-8,13-15,34H,1,9-12,16-17H2,2-3H3,(H,36,37,38). The number of hydrogen-bond acceptors (Lipinski definition) is 10. The van der Waals surface area contributed by atoms with Crippen LogP contribution in [0, 0.1) is 5.82 Å². The van der Waals surface area contributed by atoms with E-state index in [9.17, 15) is 26.4 Å². The second-order valence-corrected chi connectivity index (χ2v) is 12.6. The molecule has 0 aliphatic carbocycles. The summed E-state index contributed by atoms with van der Waals surface area (Å²) in [7, 11) is -1.51. The van der Waals surface area contributed by atoms with Crippen LogP contribution in [-0.2, 0) is 16.4 Å². The van der Waals surface area contributed by atoms with Crippen LogP contribution in [0.15, 0.2) is 65.1 Å². The number of alkyl halides is 3. The molecule has 1 aliphatic heterocycles. The Bertz CT molecular complexity index is 1920. The van der Waals surface area contributed by atoms with Gasteiger partial charge in [0.05, 0.1) is 28.4 Å². The molecule has 11 nitrogen and oxygen atoms in total. The molecule has 1 aliphatic rings. The fourth-order valence-electron chi connectivity index (χ4n) is 4.96. The molecule has 5 rings (SSSR count). The lowest BCUT2D eigenvalue weighted by Gasteiger charge is -2.29. The number of fused-ring (bicyclic) bond motifs is 1. The largest absolute Gasteiger partial charge is 0.403 e. The number of rotatable bonds is 9. The van der Waals surface area contributed by atoms with Crippen LogP contribution < -0.4 is 21.1 Å². The predicted octanol–water partition coefficient (Wildman–Crippen LogP) is 3.40. The number of hydrogen-bond donors (Lipinski definition) is 2. The number of nitrogens with one attached hydrogen (secondary N) is 2. The van der Waals surface area contributed by atoms with E-state index in [4.69, 9.17) is 0 Å². The van der Waals surface area contributed by atoms with Crippen molar-refractivity contribution in [1.82, 2.24) is 29.7 Å². The molecule has 1 saturated heterocycles. The minimum absolute atomic E-state index is 0.00454. The number of benzene rings is 1. The van der Waals surface area contributed by atoms with Crippen LogP contribution in [0.3, 0.4) is 0 Å². The van der Waals surface area contributed by atoms with Gasteiger partial charge in [-0.3, -0.25) is 14.3 Å². The molecule has 0 bridgehead atoms. The molecule has 0 unspecified atom stereocenters. The minimum Gasteiger partial charge on any atom is -0.377 e. The highest BCUT2D eigenvalue weighted by atomic mass is 32.2. The number of pyridine rings is 2. The number of aromatic nitrogens is 4. The van der Waals surface area contributed by atoms with E-state index < -0.39 is 44.6 Å². The molecule has 0 amide bonds. The van der Waals surface area contributed by atoms with Gasteiger partial charge in [-0.15, -0.1) is 0 Å². The summed E-state index contributed by atoms with van der Waals surface area (Å²) >= 11 is 0. The first-order valence-electron chi connectivity index (χ1n) is 13.8. The van der Waals surface area contributed by atoms with Crippen LogP contribution in [0.1, 0.15) is 11.3 Å². The van der Waals surface area contributed by atoms with E-state index in [0.717, 1.165) is 23.7 Å². The molecule has 1 fully saturated rings. The van der Waals surface area contributed by atoms with E-state index in [1.54, 1.807) is 31.1 Å². The van der Waals surface area contributed by atoms with Gasteiger partial charge in [0.1, 0.15) is 11.5 Å². The summed E-state index contributed by atoms with van der Waals surface area (Å²) in [5.41, 5.74) is 0.369. The van der Waals surface area contributed by atoms with Crippen molar-refractivity contribution in [2.24, 2.45) is 0 Å². The van der Waals surface area contributed by atoms with Crippen molar-refractivity contribution < 1.29 is 26.0 Å². The van der Waals surface area contributed by atoms with E-state index in [1.165, 1.54) is 30.6 Å². The van der Waals surface area contributed by atoms with Crippen LogP contribution in [0.2, 0.25) is 0 Å². The zero-order valence-electron chi connectivity index (χ0n) is 24.4. The predicted molar refractivity (Wildman–Crippen MR) is 163 cm³/mol. The van der Waals surface area contributed by atoms with Gasteiger partial charge in [0, 0.05) is 69.4 Å². The van der Waals surface area contributed by atoms with Crippen molar-refractivity contribution in [3.63, 3.8) is 0 Å². The molecule has 238 valence electrons. The molecule has 4 aromatic rings. The number of sulfone groups is 1.